The number of methoxy groups -OCH3 is 1. The Hall–Kier alpha value is -2.33. The van der Waals surface area contributed by atoms with E-state index in [1.165, 1.54) is 0 Å². The lowest BCUT2D eigenvalue weighted by atomic mass is 9.88. The molecule has 2 aromatic carbocycles. The van der Waals surface area contributed by atoms with E-state index in [4.69, 9.17) is 4.74 Å². The number of fused-ring (bicyclic) bond motifs is 1. The number of benzene rings is 2. The molecule has 4 heteroatoms. The molecular formula is C17H17NO3. The number of aliphatic hydroxyl groups excluding tert-OH is 1. The molecule has 1 aliphatic heterocycles. The van der Waals surface area contributed by atoms with E-state index in [1.54, 1.807) is 7.11 Å². The minimum atomic E-state index is -1.06. The zero-order valence-electron chi connectivity index (χ0n) is 11.7. The SMILES string of the molecule is COc1ccc([C@@H]2Cc3ccccc3NC(=O)[C@H]2O)cc1. The van der Waals surface area contributed by atoms with Gasteiger partial charge in [0.1, 0.15) is 11.9 Å². The highest BCUT2D eigenvalue weighted by Crippen LogP contribution is 2.32. The van der Waals surface area contributed by atoms with Crippen LogP contribution in [0.4, 0.5) is 5.69 Å². The minimum Gasteiger partial charge on any atom is -0.497 e. The first-order valence-electron chi connectivity index (χ1n) is 6.90. The molecule has 0 unspecified atom stereocenters. The van der Waals surface area contributed by atoms with Gasteiger partial charge in [0, 0.05) is 11.6 Å². The second kappa shape index (κ2) is 5.58. The smallest absolute Gasteiger partial charge is 0.253 e. The first-order valence-corrected chi connectivity index (χ1v) is 6.90. The summed E-state index contributed by atoms with van der Waals surface area (Å²) in [5.74, 6) is 0.132. The summed E-state index contributed by atoms with van der Waals surface area (Å²) < 4.78 is 5.14. The van der Waals surface area contributed by atoms with Crippen LogP contribution >= 0.6 is 0 Å². The van der Waals surface area contributed by atoms with Gasteiger partial charge in [0.2, 0.25) is 0 Å². The standard InChI is InChI=1S/C17H17NO3/c1-21-13-8-6-11(7-9-13)14-10-12-4-2-3-5-15(12)18-17(20)16(14)19/h2-9,14,16,19H,10H2,1H3,(H,18,20)/t14-,16-/m0/s1. The van der Waals surface area contributed by atoms with Crippen molar-refractivity contribution >= 4 is 11.6 Å². The van der Waals surface area contributed by atoms with E-state index in [-0.39, 0.29) is 11.8 Å². The Bertz CT molecular complexity index is 651. The van der Waals surface area contributed by atoms with Gasteiger partial charge in [-0.25, -0.2) is 0 Å². The first kappa shape index (κ1) is 13.6. The summed E-state index contributed by atoms with van der Waals surface area (Å²) in [6, 6.07) is 15.1. The van der Waals surface area contributed by atoms with Gasteiger partial charge in [-0.15, -0.1) is 0 Å². The maximum Gasteiger partial charge on any atom is 0.253 e. The topological polar surface area (TPSA) is 58.6 Å². The number of ether oxygens (including phenoxy) is 1. The van der Waals surface area contributed by atoms with Crippen molar-refractivity contribution in [3.63, 3.8) is 0 Å². The Kier molecular flexibility index (Phi) is 3.62. The van der Waals surface area contributed by atoms with E-state index in [0.717, 1.165) is 22.6 Å². The highest BCUT2D eigenvalue weighted by Gasteiger charge is 2.31. The van der Waals surface area contributed by atoms with Gasteiger partial charge in [-0.3, -0.25) is 4.79 Å². The fraction of sp³-hybridized carbons (Fsp3) is 0.235. The molecule has 0 radical (unpaired) electrons. The van der Waals surface area contributed by atoms with E-state index >= 15 is 0 Å². The van der Waals surface area contributed by atoms with Crippen LogP contribution in [0.1, 0.15) is 17.0 Å². The molecule has 2 N–H and O–H groups in total. The van der Waals surface area contributed by atoms with Crippen molar-refractivity contribution in [2.45, 2.75) is 18.4 Å². The molecule has 2 atom stereocenters. The Labute approximate surface area is 123 Å². The molecule has 1 aliphatic rings. The van der Waals surface area contributed by atoms with Crippen molar-refractivity contribution in [2.75, 3.05) is 12.4 Å². The lowest BCUT2D eigenvalue weighted by Gasteiger charge is -2.19. The normalized spacial score (nSPS) is 21.1. The molecule has 0 saturated carbocycles. The van der Waals surface area contributed by atoms with E-state index < -0.39 is 6.10 Å². The number of hydrogen-bond donors (Lipinski definition) is 2. The number of carbonyl (C=O) groups excluding carboxylic acids is 1. The predicted octanol–water partition coefficient (Wildman–Crippen LogP) is 2.33. The molecule has 1 amide bonds. The van der Waals surface area contributed by atoms with E-state index in [1.807, 2.05) is 48.5 Å². The number of aliphatic hydroxyl groups is 1. The molecule has 3 rings (SSSR count). The molecule has 0 fully saturated rings. The lowest BCUT2D eigenvalue weighted by Crippen LogP contribution is -2.31. The third-order valence-electron chi connectivity index (χ3n) is 3.91. The third-order valence-corrected chi connectivity index (χ3v) is 3.91. The lowest BCUT2D eigenvalue weighted by molar-refractivity contribution is -0.124. The monoisotopic (exact) mass is 283 g/mol. The van der Waals surface area contributed by atoms with Crippen LogP contribution in [0.25, 0.3) is 0 Å². The van der Waals surface area contributed by atoms with Gasteiger partial charge in [0.15, 0.2) is 0 Å². The second-order valence-corrected chi connectivity index (χ2v) is 5.18. The van der Waals surface area contributed by atoms with Gasteiger partial charge < -0.3 is 15.2 Å². The third kappa shape index (κ3) is 2.62. The maximum absolute atomic E-state index is 12.1. The van der Waals surface area contributed by atoms with Gasteiger partial charge in [0.25, 0.3) is 5.91 Å². The molecule has 21 heavy (non-hydrogen) atoms. The Morgan fingerprint density at radius 1 is 1.14 bits per heavy atom. The number of anilines is 1. The summed E-state index contributed by atoms with van der Waals surface area (Å²) in [4.78, 5) is 12.1. The van der Waals surface area contributed by atoms with Crippen LogP contribution in [0.15, 0.2) is 48.5 Å². The van der Waals surface area contributed by atoms with Crippen molar-refractivity contribution < 1.29 is 14.6 Å². The molecule has 2 aromatic rings. The van der Waals surface area contributed by atoms with Gasteiger partial charge in [-0.2, -0.15) is 0 Å². The molecule has 0 aliphatic carbocycles. The van der Waals surface area contributed by atoms with Crippen LogP contribution in [0, 0.1) is 0 Å². The quantitative estimate of drug-likeness (QED) is 0.889. The molecule has 0 saturated heterocycles. The zero-order chi connectivity index (χ0) is 14.8. The molecule has 0 bridgehead atoms. The highest BCUT2D eigenvalue weighted by atomic mass is 16.5. The Morgan fingerprint density at radius 2 is 1.86 bits per heavy atom. The van der Waals surface area contributed by atoms with E-state index in [9.17, 15) is 9.90 Å². The number of hydrogen-bond acceptors (Lipinski definition) is 3. The van der Waals surface area contributed by atoms with Crippen LogP contribution in [-0.4, -0.2) is 24.2 Å². The molecule has 0 spiro atoms. The van der Waals surface area contributed by atoms with Crippen LogP contribution in [0.3, 0.4) is 0 Å². The van der Waals surface area contributed by atoms with Gasteiger partial charge in [-0.05, 0) is 35.7 Å². The molecule has 4 nitrogen and oxygen atoms in total. The molecule has 1 heterocycles. The van der Waals surface area contributed by atoms with Crippen LogP contribution < -0.4 is 10.1 Å². The average Bonchev–Trinajstić information content (AvgIpc) is 2.65. The molecule has 0 aromatic heterocycles. The number of para-hydroxylation sites is 1. The summed E-state index contributed by atoms with van der Waals surface area (Å²) in [5, 5.41) is 13.1. The van der Waals surface area contributed by atoms with Crippen LogP contribution in [0.2, 0.25) is 0 Å². The van der Waals surface area contributed by atoms with Crippen LogP contribution in [0.5, 0.6) is 5.75 Å². The first-order chi connectivity index (χ1) is 10.2. The minimum absolute atomic E-state index is 0.264. The van der Waals surface area contributed by atoms with Crippen molar-refractivity contribution in [3.05, 3.63) is 59.7 Å². The highest BCUT2D eigenvalue weighted by molar-refractivity contribution is 5.96. The van der Waals surface area contributed by atoms with Gasteiger partial charge in [-0.1, -0.05) is 30.3 Å². The summed E-state index contributed by atoms with van der Waals surface area (Å²) in [7, 11) is 1.61. The Balaban J connectivity index is 1.98. The van der Waals surface area contributed by atoms with Crippen molar-refractivity contribution in [3.8, 4) is 5.75 Å². The fourth-order valence-corrected chi connectivity index (χ4v) is 2.71. The number of carbonyl (C=O) groups is 1. The summed E-state index contributed by atoms with van der Waals surface area (Å²) in [5.41, 5.74) is 2.73. The van der Waals surface area contributed by atoms with Crippen LogP contribution in [-0.2, 0) is 11.2 Å². The van der Waals surface area contributed by atoms with Crippen molar-refractivity contribution in [2.24, 2.45) is 0 Å². The summed E-state index contributed by atoms with van der Waals surface area (Å²) in [6.45, 7) is 0. The van der Waals surface area contributed by atoms with Crippen molar-refractivity contribution in [1.29, 1.82) is 0 Å². The van der Waals surface area contributed by atoms with E-state index in [0.29, 0.717) is 6.42 Å². The molecular weight excluding hydrogens is 266 g/mol. The predicted molar refractivity (Wildman–Crippen MR) is 80.5 cm³/mol. The largest absolute Gasteiger partial charge is 0.497 e. The summed E-state index contributed by atoms with van der Waals surface area (Å²) >= 11 is 0. The average molecular weight is 283 g/mol. The summed E-state index contributed by atoms with van der Waals surface area (Å²) in [6.07, 6.45) is -0.451. The Morgan fingerprint density at radius 3 is 2.57 bits per heavy atom. The van der Waals surface area contributed by atoms with Crippen molar-refractivity contribution in [1.82, 2.24) is 0 Å². The maximum atomic E-state index is 12.1. The van der Waals surface area contributed by atoms with Gasteiger partial charge >= 0.3 is 0 Å². The number of rotatable bonds is 2. The van der Waals surface area contributed by atoms with Gasteiger partial charge in [0.05, 0.1) is 7.11 Å². The zero-order valence-corrected chi connectivity index (χ0v) is 11.7. The molecule has 108 valence electrons. The number of amides is 1. The van der Waals surface area contributed by atoms with E-state index in [2.05, 4.69) is 5.32 Å². The number of nitrogens with one attached hydrogen (secondary N) is 1. The second-order valence-electron chi connectivity index (χ2n) is 5.18. The fourth-order valence-electron chi connectivity index (χ4n) is 2.71.